The van der Waals surface area contributed by atoms with Gasteiger partial charge in [-0.15, -0.1) is 0 Å². The Morgan fingerprint density at radius 3 is 2.17 bits per heavy atom. The lowest BCUT2D eigenvalue weighted by Crippen LogP contribution is -2.29. The van der Waals surface area contributed by atoms with Gasteiger partial charge in [-0.3, -0.25) is 5.10 Å². The Morgan fingerprint density at radius 1 is 1.08 bits per heavy atom. The number of H-pyrrole nitrogens is 1. The van der Waals surface area contributed by atoms with Crippen molar-refractivity contribution in [2.45, 2.75) is 18.7 Å². The third kappa shape index (κ3) is 4.18. The van der Waals surface area contributed by atoms with Gasteiger partial charge < -0.3 is 14.2 Å². The SMILES string of the molecule is COc1cc(OC)cc(OCCNS(=O)(=O)c2c(C)n[nH]c2C)c1. The lowest BCUT2D eigenvalue weighted by Gasteiger charge is -2.11. The highest BCUT2D eigenvalue weighted by atomic mass is 32.2. The normalized spacial score (nSPS) is 11.3. The number of nitrogens with zero attached hydrogens (tertiary/aromatic N) is 1. The summed E-state index contributed by atoms with van der Waals surface area (Å²) in [5.74, 6) is 1.71. The number of aromatic amines is 1. The molecule has 0 atom stereocenters. The Balaban J connectivity index is 1.96. The van der Waals surface area contributed by atoms with Crippen LogP contribution in [-0.4, -0.2) is 46.0 Å². The Morgan fingerprint density at radius 2 is 1.67 bits per heavy atom. The Kier molecular flexibility index (Phi) is 5.68. The molecule has 0 spiro atoms. The van der Waals surface area contributed by atoms with Crippen LogP contribution in [-0.2, 0) is 10.0 Å². The number of rotatable bonds is 8. The van der Waals surface area contributed by atoms with Crippen LogP contribution >= 0.6 is 0 Å². The average molecular weight is 355 g/mol. The molecule has 132 valence electrons. The van der Waals surface area contributed by atoms with E-state index in [1.165, 1.54) is 0 Å². The van der Waals surface area contributed by atoms with Gasteiger partial charge in [0.15, 0.2) is 0 Å². The summed E-state index contributed by atoms with van der Waals surface area (Å²) in [5, 5.41) is 6.55. The van der Waals surface area contributed by atoms with Crippen molar-refractivity contribution in [2.75, 3.05) is 27.4 Å². The fraction of sp³-hybridized carbons (Fsp3) is 0.400. The van der Waals surface area contributed by atoms with Crippen molar-refractivity contribution in [3.8, 4) is 17.2 Å². The minimum atomic E-state index is -3.63. The van der Waals surface area contributed by atoms with E-state index in [0.717, 1.165) is 0 Å². The molecule has 1 aromatic carbocycles. The summed E-state index contributed by atoms with van der Waals surface area (Å²) in [4.78, 5) is 0.172. The minimum absolute atomic E-state index is 0.117. The fourth-order valence-electron chi connectivity index (χ4n) is 2.22. The Labute approximate surface area is 141 Å². The zero-order chi connectivity index (χ0) is 17.7. The number of hydrogen-bond donors (Lipinski definition) is 2. The molecule has 2 rings (SSSR count). The van der Waals surface area contributed by atoms with Crippen LogP contribution in [0, 0.1) is 13.8 Å². The summed E-state index contributed by atoms with van der Waals surface area (Å²) in [6.07, 6.45) is 0. The van der Waals surface area contributed by atoms with E-state index < -0.39 is 10.0 Å². The molecule has 0 aliphatic carbocycles. The second kappa shape index (κ2) is 7.54. The summed E-state index contributed by atoms with van der Waals surface area (Å²) in [7, 11) is -0.544. The van der Waals surface area contributed by atoms with E-state index in [-0.39, 0.29) is 18.0 Å². The smallest absolute Gasteiger partial charge is 0.244 e. The number of hydrogen-bond acceptors (Lipinski definition) is 6. The van der Waals surface area contributed by atoms with Gasteiger partial charge in [0.25, 0.3) is 0 Å². The Bertz CT molecular complexity index is 760. The van der Waals surface area contributed by atoms with Gasteiger partial charge >= 0.3 is 0 Å². The van der Waals surface area contributed by atoms with Crippen LogP contribution in [0.3, 0.4) is 0 Å². The van der Waals surface area contributed by atoms with Crippen molar-refractivity contribution in [1.29, 1.82) is 0 Å². The van der Waals surface area contributed by atoms with Gasteiger partial charge in [-0.25, -0.2) is 13.1 Å². The third-order valence-electron chi connectivity index (χ3n) is 3.32. The van der Waals surface area contributed by atoms with E-state index >= 15 is 0 Å². The van der Waals surface area contributed by atoms with Crippen molar-refractivity contribution in [3.63, 3.8) is 0 Å². The monoisotopic (exact) mass is 355 g/mol. The van der Waals surface area contributed by atoms with E-state index in [9.17, 15) is 8.42 Å². The number of sulfonamides is 1. The molecule has 24 heavy (non-hydrogen) atoms. The molecule has 2 aromatic rings. The number of aromatic nitrogens is 2. The molecule has 0 saturated carbocycles. The molecule has 0 aliphatic heterocycles. The van der Waals surface area contributed by atoms with E-state index in [1.54, 1.807) is 46.3 Å². The van der Waals surface area contributed by atoms with Gasteiger partial charge in [0, 0.05) is 24.7 Å². The summed E-state index contributed by atoms with van der Waals surface area (Å²) in [6, 6.07) is 5.11. The average Bonchev–Trinajstić information content (AvgIpc) is 2.90. The van der Waals surface area contributed by atoms with E-state index in [1.807, 2.05) is 0 Å². The summed E-state index contributed by atoms with van der Waals surface area (Å²) in [5.41, 5.74) is 0.928. The molecule has 0 amide bonds. The first kappa shape index (κ1) is 18.1. The van der Waals surface area contributed by atoms with Crippen LogP contribution in [0.2, 0.25) is 0 Å². The van der Waals surface area contributed by atoms with Gasteiger partial charge in [0.05, 0.1) is 25.6 Å². The number of nitrogens with one attached hydrogen (secondary N) is 2. The maximum Gasteiger partial charge on any atom is 0.244 e. The number of benzene rings is 1. The van der Waals surface area contributed by atoms with Crippen molar-refractivity contribution < 1.29 is 22.6 Å². The second-order valence-electron chi connectivity index (χ2n) is 5.06. The molecule has 8 nitrogen and oxygen atoms in total. The number of ether oxygens (including phenoxy) is 3. The van der Waals surface area contributed by atoms with Gasteiger partial charge in [0.1, 0.15) is 28.8 Å². The molecule has 0 radical (unpaired) electrons. The first-order valence-corrected chi connectivity index (χ1v) is 8.73. The molecule has 0 unspecified atom stereocenters. The quantitative estimate of drug-likeness (QED) is 0.694. The highest BCUT2D eigenvalue weighted by molar-refractivity contribution is 7.89. The van der Waals surface area contributed by atoms with Crippen LogP contribution in [0.25, 0.3) is 0 Å². The molecule has 9 heteroatoms. The fourth-order valence-corrected chi connectivity index (χ4v) is 3.60. The van der Waals surface area contributed by atoms with E-state index in [2.05, 4.69) is 14.9 Å². The molecule has 1 aromatic heterocycles. The summed E-state index contributed by atoms with van der Waals surface area (Å²) >= 11 is 0. The molecule has 0 saturated heterocycles. The molecular weight excluding hydrogens is 334 g/mol. The van der Waals surface area contributed by atoms with Gasteiger partial charge in [-0.2, -0.15) is 5.10 Å². The van der Waals surface area contributed by atoms with Crippen LogP contribution in [0.4, 0.5) is 0 Å². The maximum absolute atomic E-state index is 12.3. The third-order valence-corrected chi connectivity index (χ3v) is 5.04. The van der Waals surface area contributed by atoms with Gasteiger partial charge in [-0.1, -0.05) is 0 Å². The predicted octanol–water partition coefficient (Wildman–Crippen LogP) is 1.40. The maximum atomic E-state index is 12.3. The topological polar surface area (TPSA) is 103 Å². The molecule has 0 aliphatic rings. The van der Waals surface area contributed by atoms with Crippen molar-refractivity contribution in [1.82, 2.24) is 14.9 Å². The van der Waals surface area contributed by atoms with E-state index in [0.29, 0.717) is 28.6 Å². The van der Waals surface area contributed by atoms with Crippen LogP contribution < -0.4 is 18.9 Å². The van der Waals surface area contributed by atoms with Gasteiger partial charge in [0.2, 0.25) is 10.0 Å². The lowest BCUT2D eigenvalue weighted by atomic mass is 10.3. The van der Waals surface area contributed by atoms with Crippen molar-refractivity contribution >= 4 is 10.0 Å². The van der Waals surface area contributed by atoms with Crippen molar-refractivity contribution in [3.05, 3.63) is 29.6 Å². The molecule has 0 fully saturated rings. The first-order valence-electron chi connectivity index (χ1n) is 7.24. The lowest BCUT2D eigenvalue weighted by molar-refractivity contribution is 0.316. The van der Waals surface area contributed by atoms with Crippen LogP contribution in [0.15, 0.2) is 23.1 Å². The van der Waals surface area contributed by atoms with Crippen LogP contribution in [0.5, 0.6) is 17.2 Å². The zero-order valence-electron chi connectivity index (χ0n) is 14.0. The highest BCUT2D eigenvalue weighted by Crippen LogP contribution is 2.27. The van der Waals surface area contributed by atoms with Crippen molar-refractivity contribution in [2.24, 2.45) is 0 Å². The second-order valence-corrected chi connectivity index (χ2v) is 6.76. The molecule has 0 bridgehead atoms. The largest absolute Gasteiger partial charge is 0.496 e. The van der Waals surface area contributed by atoms with E-state index in [4.69, 9.17) is 14.2 Å². The molecular formula is C15H21N3O5S. The van der Waals surface area contributed by atoms with Crippen LogP contribution in [0.1, 0.15) is 11.4 Å². The first-order chi connectivity index (χ1) is 11.4. The summed E-state index contributed by atoms with van der Waals surface area (Å²) in [6.45, 7) is 3.57. The number of aryl methyl sites for hydroxylation is 2. The predicted molar refractivity (Wildman–Crippen MR) is 88.3 cm³/mol. The molecule has 2 N–H and O–H groups in total. The highest BCUT2D eigenvalue weighted by Gasteiger charge is 2.21. The molecule has 1 heterocycles. The van der Waals surface area contributed by atoms with Gasteiger partial charge in [-0.05, 0) is 13.8 Å². The Hall–Kier alpha value is -2.26. The zero-order valence-corrected chi connectivity index (χ0v) is 14.9. The number of methoxy groups -OCH3 is 2. The summed E-state index contributed by atoms with van der Waals surface area (Å²) < 4.78 is 42.9. The standard InChI is InChI=1S/C15H21N3O5S/c1-10-15(11(2)18-17-10)24(19,20)16-5-6-23-14-8-12(21-3)7-13(9-14)22-4/h7-9,16H,5-6H2,1-4H3,(H,17,18). The minimum Gasteiger partial charge on any atom is -0.496 e.